The number of hydrogen-bond donors (Lipinski definition) is 2. The summed E-state index contributed by atoms with van der Waals surface area (Å²) in [6.07, 6.45) is 3.90. The molecule has 2 aromatic rings. The highest BCUT2D eigenvalue weighted by molar-refractivity contribution is 6.30. The average Bonchev–Trinajstić information content (AvgIpc) is 3.05. The van der Waals surface area contributed by atoms with Gasteiger partial charge in [-0.1, -0.05) is 35.9 Å². The molecule has 142 valence electrons. The van der Waals surface area contributed by atoms with Gasteiger partial charge in [0.2, 0.25) is 5.91 Å². The van der Waals surface area contributed by atoms with Crippen molar-refractivity contribution in [1.82, 2.24) is 10.6 Å². The molecule has 0 radical (unpaired) electrons. The van der Waals surface area contributed by atoms with Crippen LogP contribution in [0.2, 0.25) is 5.02 Å². The van der Waals surface area contributed by atoms with Gasteiger partial charge in [0.25, 0.3) is 0 Å². The summed E-state index contributed by atoms with van der Waals surface area (Å²) in [5, 5.41) is 7.06. The summed E-state index contributed by atoms with van der Waals surface area (Å²) in [6.45, 7) is 2.03. The van der Waals surface area contributed by atoms with Crippen LogP contribution in [0.25, 0.3) is 11.1 Å². The first-order valence-corrected chi connectivity index (χ1v) is 10.0. The number of halogens is 2. The molecule has 2 saturated heterocycles. The standard InChI is InChI=1S/C22H24ClFN2O/c23-17-5-6-21(24)19(12-17)15-3-1-14(2-4-15)11-18-13-20(22(27)26-18)16-7-9-25-10-8-16/h1-6,12,16,18,20,25H,7-11,13H2,(H,26,27)/t18-,20?/m1/s1. The third-order valence-corrected chi connectivity index (χ3v) is 6.08. The Balaban J connectivity index is 1.41. The lowest BCUT2D eigenvalue weighted by atomic mass is 9.82. The van der Waals surface area contributed by atoms with Gasteiger partial charge in [0.15, 0.2) is 0 Å². The second-order valence-electron chi connectivity index (χ2n) is 7.66. The van der Waals surface area contributed by atoms with E-state index in [1.54, 1.807) is 12.1 Å². The van der Waals surface area contributed by atoms with Crippen LogP contribution in [-0.2, 0) is 11.2 Å². The van der Waals surface area contributed by atoms with Crippen LogP contribution in [0.1, 0.15) is 24.8 Å². The fourth-order valence-electron chi connectivity index (χ4n) is 4.39. The van der Waals surface area contributed by atoms with Gasteiger partial charge in [-0.2, -0.15) is 0 Å². The van der Waals surface area contributed by atoms with Gasteiger partial charge in [-0.15, -0.1) is 0 Å². The zero-order valence-corrected chi connectivity index (χ0v) is 15.9. The number of hydrogen-bond acceptors (Lipinski definition) is 2. The molecule has 2 atom stereocenters. The predicted octanol–water partition coefficient (Wildman–Crippen LogP) is 4.19. The van der Waals surface area contributed by atoms with Crippen molar-refractivity contribution in [3.8, 4) is 11.1 Å². The van der Waals surface area contributed by atoms with E-state index in [9.17, 15) is 9.18 Å². The summed E-state index contributed by atoms with van der Waals surface area (Å²) in [5.41, 5.74) is 2.47. The zero-order chi connectivity index (χ0) is 18.8. The van der Waals surface area contributed by atoms with Crippen LogP contribution in [0.3, 0.4) is 0 Å². The van der Waals surface area contributed by atoms with Crippen molar-refractivity contribution < 1.29 is 9.18 Å². The molecule has 5 heteroatoms. The van der Waals surface area contributed by atoms with Crippen LogP contribution in [0.4, 0.5) is 4.39 Å². The van der Waals surface area contributed by atoms with E-state index in [-0.39, 0.29) is 23.7 Å². The monoisotopic (exact) mass is 386 g/mol. The summed E-state index contributed by atoms with van der Waals surface area (Å²) in [6, 6.07) is 12.6. The third-order valence-electron chi connectivity index (χ3n) is 5.85. The van der Waals surface area contributed by atoms with Gasteiger partial charge in [0, 0.05) is 22.5 Å². The SMILES string of the molecule is O=C1N[C@H](Cc2ccc(-c3cc(Cl)ccc3F)cc2)CC1C1CCNCC1. The fraction of sp³-hybridized carbons (Fsp3) is 0.409. The Bertz CT molecular complexity index is 818. The summed E-state index contributed by atoms with van der Waals surface area (Å²) in [4.78, 5) is 12.4. The van der Waals surface area contributed by atoms with Gasteiger partial charge < -0.3 is 10.6 Å². The Hall–Kier alpha value is -1.91. The molecular formula is C22H24ClFN2O. The Morgan fingerprint density at radius 2 is 1.81 bits per heavy atom. The lowest BCUT2D eigenvalue weighted by Crippen LogP contribution is -2.34. The van der Waals surface area contributed by atoms with Crippen molar-refractivity contribution in [3.05, 3.63) is 58.9 Å². The minimum absolute atomic E-state index is 0.150. The van der Waals surface area contributed by atoms with Crippen molar-refractivity contribution in [2.75, 3.05) is 13.1 Å². The number of carbonyl (C=O) groups is 1. The molecule has 0 saturated carbocycles. The van der Waals surface area contributed by atoms with E-state index in [2.05, 4.69) is 10.6 Å². The molecule has 4 rings (SSSR count). The maximum atomic E-state index is 14.0. The summed E-state index contributed by atoms with van der Waals surface area (Å²) >= 11 is 5.99. The van der Waals surface area contributed by atoms with Crippen molar-refractivity contribution in [3.63, 3.8) is 0 Å². The van der Waals surface area contributed by atoms with E-state index in [1.165, 1.54) is 6.07 Å². The molecule has 0 spiro atoms. The maximum Gasteiger partial charge on any atom is 0.223 e. The molecule has 2 N–H and O–H groups in total. The molecule has 0 aromatic heterocycles. The Kier molecular flexibility index (Phi) is 5.46. The Morgan fingerprint density at radius 1 is 1.07 bits per heavy atom. The summed E-state index contributed by atoms with van der Waals surface area (Å²) in [5.74, 6) is 0.589. The van der Waals surface area contributed by atoms with E-state index >= 15 is 0 Å². The fourth-order valence-corrected chi connectivity index (χ4v) is 4.56. The summed E-state index contributed by atoms with van der Waals surface area (Å²) < 4.78 is 14.0. The van der Waals surface area contributed by atoms with Crippen LogP contribution < -0.4 is 10.6 Å². The molecule has 2 fully saturated rings. The van der Waals surface area contributed by atoms with Crippen molar-refractivity contribution in [1.29, 1.82) is 0 Å². The van der Waals surface area contributed by atoms with E-state index in [1.807, 2.05) is 24.3 Å². The first kappa shape index (κ1) is 18.5. The molecule has 2 aliphatic rings. The topological polar surface area (TPSA) is 41.1 Å². The number of piperidine rings is 1. The number of nitrogens with one attached hydrogen (secondary N) is 2. The van der Waals surface area contributed by atoms with Gasteiger partial charge in [0.1, 0.15) is 5.82 Å². The molecule has 3 nitrogen and oxygen atoms in total. The molecule has 2 aliphatic heterocycles. The second kappa shape index (κ2) is 7.99. The molecular weight excluding hydrogens is 363 g/mol. The van der Waals surface area contributed by atoms with Gasteiger partial charge in [-0.05, 0) is 74.0 Å². The highest BCUT2D eigenvalue weighted by atomic mass is 35.5. The average molecular weight is 387 g/mol. The molecule has 0 aliphatic carbocycles. The lowest BCUT2D eigenvalue weighted by molar-refractivity contribution is -0.124. The number of benzene rings is 2. The zero-order valence-electron chi connectivity index (χ0n) is 15.2. The van der Waals surface area contributed by atoms with Crippen LogP contribution in [-0.4, -0.2) is 25.0 Å². The van der Waals surface area contributed by atoms with E-state index in [0.717, 1.165) is 49.9 Å². The minimum atomic E-state index is -0.278. The molecule has 2 aromatic carbocycles. The van der Waals surface area contributed by atoms with Gasteiger partial charge in [-0.25, -0.2) is 4.39 Å². The number of carbonyl (C=O) groups excluding carboxylic acids is 1. The minimum Gasteiger partial charge on any atom is -0.353 e. The molecule has 0 bridgehead atoms. The van der Waals surface area contributed by atoms with Crippen LogP contribution >= 0.6 is 11.6 Å². The van der Waals surface area contributed by atoms with Gasteiger partial charge >= 0.3 is 0 Å². The van der Waals surface area contributed by atoms with Crippen LogP contribution in [0.15, 0.2) is 42.5 Å². The van der Waals surface area contributed by atoms with E-state index in [4.69, 9.17) is 11.6 Å². The largest absolute Gasteiger partial charge is 0.353 e. The van der Waals surface area contributed by atoms with E-state index < -0.39 is 0 Å². The maximum absolute atomic E-state index is 14.0. The Labute approximate surface area is 164 Å². The van der Waals surface area contributed by atoms with Crippen LogP contribution in [0.5, 0.6) is 0 Å². The quantitative estimate of drug-likeness (QED) is 0.827. The second-order valence-corrected chi connectivity index (χ2v) is 8.10. The molecule has 27 heavy (non-hydrogen) atoms. The predicted molar refractivity (Wildman–Crippen MR) is 106 cm³/mol. The molecule has 1 amide bonds. The molecule has 2 heterocycles. The number of rotatable bonds is 4. The van der Waals surface area contributed by atoms with Gasteiger partial charge in [-0.3, -0.25) is 4.79 Å². The first-order valence-electron chi connectivity index (χ1n) is 9.65. The van der Waals surface area contributed by atoms with Crippen molar-refractivity contribution in [2.24, 2.45) is 11.8 Å². The van der Waals surface area contributed by atoms with Crippen molar-refractivity contribution in [2.45, 2.75) is 31.7 Å². The normalized spacial score (nSPS) is 23.4. The van der Waals surface area contributed by atoms with Crippen LogP contribution in [0, 0.1) is 17.7 Å². The highest BCUT2D eigenvalue weighted by Gasteiger charge is 2.37. The highest BCUT2D eigenvalue weighted by Crippen LogP contribution is 2.31. The first-order chi connectivity index (χ1) is 13.1. The van der Waals surface area contributed by atoms with Gasteiger partial charge in [0.05, 0.1) is 0 Å². The number of amides is 1. The smallest absolute Gasteiger partial charge is 0.223 e. The molecule has 1 unspecified atom stereocenters. The van der Waals surface area contributed by atoms with Crippen molar-refractivity contribution >= 4 is 17.5 Å². The van der Waals surface area contributed by atoms with E-state index in [0.29, 0.717) is 16.5 Å². The lowest BCUT2D eigenvalue weighted by Gasteiger charge is -2.26. The summed E-state index contributed by atoms with van der Waals surface area (Å²) in [7, 11) is 0. The third kappa shape index (κ3) is 4.17. The Morgan fingerprint density at radius 3 is 2.56 bits per heavy atom.